The number of hydrogen-bond acceptors (Lipinski definition) is 4. The van der Waals surface area contributed by atoms with E-state index in [2.05, 4.69) is 90.0 Å². The zero-order valence-electron chi connectivity index (χ0n) is 18.6. The number of oxime groups is 1. The average molecular weight is 433 g/mol. The fourth-order valence-corrected chi connectivity index (χ4v) is 4.59. The lowest BCUT2D eigenvalue weighted by Gasteiger charge is -2.29. The summed E-state index contributed by atoms with van der Waals surface area (Å²) in [5, 5.41) is 7.07. The van der Waals surface area contributed by atoms with Crippen molar-refractivity contribution in [2.75, 3.05) is 32.5 Å². The van der Waals surface area contributed by atoms with Crippen LogP contribution in [0, 0.1) is 5.92 Å². The zero-order chi connectivity index (χ0) is 21.5. The molecule has 1 aliphatic rings. The Kier molecular flexibility index (Phi) is 7.66. The average Bonchev–Trinajstić information content (AvgIpc) is 2.82. The second-order valence-corrected chi connectivity index (χ2v) is 9.29. The van der Waals surface area contributed by atoms with Crippen molar-refractivity contribution in [3.8, 4) is 0 Å². The van der Waals surface area contributed by atoms with Gasteiger partial charge in [0, 0.05) is 22.6 Å². The van der Waals surface area contributed by atoms with Crippen LogP contribution in [0.15, 0.2) is 76.8 Å². The Morgan fingerprint density at radius 1 is 1.00 bits per heavy atom. The summed E-state index contributed by atoms with van der Waals surface area (Å²) in [5.41, 5.74) is 3.09. The molecule has 0 bridgehead atoms. The number of nitrogens with zero attached hydrogens (tertiary/aromatic N) is 2. The van der Waals surface area contributed by atoms with Crippen LogP contribution in [0.5, 0.6) is 0 Å². The highest BCUT2D eigenvalue weighted by Crippen LogP contribution is 2.24. The fraction of sp³-hybridized carbons (Fsp3) is 0.370. The Morgan fingerprint density at radius 3 is 2.52 bits per heavy atom. The van der Waals surface area contributed by atoms with E-state index in [0.29, 0.717) is 6.61 Å². The molecule has 3 nitrogen and oxygen atoms in total. The van der Waals surface area contributed by atoms with Gasteiger partial charge in [0.1, 0.15) is 12.3 Å². The maximum Gasteiger partial charge on any atom is 0.118 e. The molecule has 0 unspecified atom stereocenters. The minimum atomic E-state index is 0.642. The first-order valence-corrected chi connectivity index (χ1v) is 12.5. The molecule has 1 aliphatic heterocycles. The zero-order valence-corrected chi connectivity index (χ0v) is 19.4. The van der Waals surface area contributed by atoms with Gasteiger partial charge in [0.15, 0.2) is 0 Å². The van der Waals surface area contributed by atoms with Gasteiger partial charge in [0.05, 0.1) is 0 Å². The molecule has 0 saturated carbocycles. The van der Waals surface area contributed by atoms with Gasteiger partial charge in [-0.2, -0.15) is 0 Å². The van der Waals surface area contributed by atoms with Crippen molar-refractivity contribution in [3.05, 3.63) is 77.9 Å². The van der Waals surface area contributed by atoms with Crippen LogP contribution in [-0.2, 0) is 4.84 Å². The largest absolute Gasteiger partial charge is 0.395 e. The second-order valence-electron chi connectivity index (χ2n) is 8.41. The lowest BCUT2D eigenvalue weighted by molar-refractivity contribution is 0.119. The SMILES string of the molecule is CSc1ccc(C(=NOCCCN2CCC(C)CC2)c2cccc3ccccc23)cc1. The molecular weight excluding hydrogens is 400 g/mol. The molecule has 3 aromatic carbocycles. The van der Waals surface area contributed by atoms with Gasteiger partial charge >= 0.3 is 0 Å². The van der Waals surface area contributed by atoms with Gasteiger partial charge in [-0.25, -0.2) is 0 Å². The molecule has 1 saturated heterocycles. The number of likely N-dealkylation sites (tertiary alicyclic amines) is 1. The molecule has 1 heterocycles. The second kappa shape index (κ2) is 10.8. The highest BCUT2D eigenvalue weighted by atomic mass is 32.2. The van der Waals surface area contributed by atoms with E-state index in [9.17, 15) is 0 Å². The molecular formula is C27H32N2OS. The number of hydrogen-bond donors (Lipinski definition) is 0. The van der Waals surface area contributed by atoms with E-state index in [1.54, 1.807) is 11.8 Å². The molecule has 0 spiro atoms. The van der Waals surface area contributed by atoms with Crippen molar-refractivity contribution in [3.63, 3.8) is 0 Å². The maximum absolute atomic E-state index is 5.88. The van der Waals surface area contributed by atoms with Crippen LogP contribution in [0.3, 0.4) is 0 Å². The quantitative estimate of drug-likeness (QED) is 0.177. The van der Waals surface area contributed by atoms with Gasteiger partial charge in [0.2, 0.25) is 0 Å². The van der Waals surface area contributed by atoms with Gasteiger partial charge in [-0.05, 0) is 67.4 Å². The predicted molar refractivity (Wildman–Crippen MR) is 133 cm³/mol. The normalized spacial score (nSPS) is 16.0. The van der Waals surface area contributed by atoms with E-state index in [1.165, 1.54) is 41.6 Å². The summed E-state index contributed by atoms with van der Waals surface area (Å²) in [7, 11) is 0. The number of rotatable bonds is 8. The molecule has 4 heteroatoms. The Labute approximate surface area is 190 Å². The third kappa shape index (κ3) is 5.69. The summed E-state index contributed by atoms with van der Waals surface area (Å²) >= 11 is 1.75. The minimum Gasteiger partial charge on any atom is -0.395 e. The van der Waals surface area contributed by atoms with Crippen molar-refractivity contribution in [1.29, 1.82) is 0 Å². The van der Waals surface area contributed by atoms with E-state index < -0.39 is 0 Å². The number of fused-ring (bicyclic) bond motifs is 1. The lowest BCUT2D eigenvalue weighted by atomic mass is 9.97. The van der Waals surface area contributed by atoms with Crippen LogP contribution in [0.25, 0.3) is 10.8 Å². The van der Waals surface area contributed by atoms with Crippen LogP contribution in [0.1, 0.15) is 37.3 Å². The van der Waals surface area contributed by atoms with Gasteiger partial charge in [-0.3, -0.25) is 0 Å². The van der Waals surface area contributed by atoms with E-state index >= 15 is 0 Å². The topological polar surface area (TPSA) is 24.8 Å². The maximum atomic E-state index is 5.88. The Bertz CT molecular complexity index is 1000. The third-order valence-electron chi connectivity index (χ3n) is 6.15. The lowest BCUT2D eigenvalue weighted by Crippen LogP contribution is -2.33. The summed E-state index contributed by atoms with van der Waals surface area (Å²) in [5.74, 6) is 0.873. The summed E-state index contributed by atoms with van der Waals surface area (Å²) in [6.07, 6.45) is 5.74. The Morgan fingerprint density at radius 2 is 1.74 bits per heavy atom. The number of thioether (sulfide) groups is 1. The van der Waals surface area contributed by atoms with Crippen LogP contribution in [-0.4, -0.2) is 43.1 Å². The summed E-state index contributed by atoms with van der Waals surface area (Å²) < 4.78 is 0. The highest BCUT2D eigenvalue weighted by molar-refractivity contribution is 7.98. The van der Waals surface area contributed by atoms with E-state index in [1.807, 2.05) is 0 Å². The molecule has 3 aromatic rings. The van der Waals surface area contributed by atoms with Gasteiger partial charge in [-0.15, -0.1) is 11.8 Å². The van der Waals surface area contributed by atoms with Gasteiger partial charge in [0.25, 0.3) is 0 Å². The highest BCUT2D eigenvalue weighted by Gasteiger charge is 2.15. The first-order chi connectivity index (χ1) is 15.2. The molecule has 0 radical (unpaired) electrons. The van der Waals surface area contributed by atoms with Crippen molar-refractivity contribution in [2.24, 2.45) is 11.1 Å². The predicted octanol–water partition coefficient (Wildman–Crippen LogP) is 6.45. The molecule has 0 atom stereocenters. The van der Waals surface area contributed by atoms with Crippen LogP contribution in [0.2, 0.25) is 0 Å². The Hall–Kier alpha value is -2.30. The van der Waals surface area contributed by atoms with Crippen molar-refractivity contribution >= 4 is 28.2 Å². The van der Waals surface area contributed by atoms with Crippen LogP contribution < -0.4 is 0 Å². The third-order valence-corrected chi connectivity index (χ3v) is 6.89. The van der Waals surface area contributed by atoms with E-state index in [0.717, 1.165) is 35.7 Å². The standard InChI is InChI=1S/C27H32N2OS/c1-21-15-18-29(19-16-21)17-6-20-30-28-27(23-11-13-24(31-2)14-12-23)26-10-5-8-22-7-3-4-9-25(22)26/h3-5,7-14,21H,6,15-20H2,1-2H3. The number of piperidine rings is 1. The monoisotopic (exact) mass is 432 g/mol. The minimum absolute atomic E-state index is 0.642. The smallest absolute Gasteiger partial charge is 0.118 e. The molecule has 0 aliphatic carbocycles. The van der Waals surface area contributed by atoms with Gasteiger partial charge < -0.3 is 9.74 Å². The molecule has 4 rings (SSSR count). The van der Waals surface area contributed by atoms with Crippen LogP contribution >= 0.6 is 11.8 Å². The number of benzene rings is 3. The molecule has 0 amide bonds. The summed E-state index contributed by atoms with van der Waals surface area (Å²) in [6.45, 7) is 6.52. The van der Waals surface area contributed by atoms with Crippen molar-refractivity contribution in [2.45, 2.75) is 31.1 Å². The molecule has 1 fully saturated rings. The molecule has 31 heavy (non-hydrogen) atoms. The summed E-state index contributed by atoms with van der Waals surface area (Å²) in [6, 6.07) is 23.4. The van der Waals surface area contributed by atoms with Crippen molar-refractivity contribution < 1.29 is 4.84 Å². The fourth-order valence-electron chi connectivity index (χ4n) is 4.19. The van der Waals surface area contributed by atoms with E-state index in [-0.39, 0.29) is 0 Å². The molecule has 0 aromatic heterocycles. The first-order valence-electron chi connectivity index (χ1n) is 11.3. The van der Waals surface area contributed by atoms with Crippen molar-refractivity contribution in [1.82, 2.24) is 4.90 Å². The molecule has 0 N–H and O–H groups in total. The Balaban J connectivity index is 1.51. The van der Waals surface area contributed by atoms with Crippen LogP contribution in [0.4, 0.5) is 0 Å². The molecule has 162 valence electrons. The summed E-state index contributed by atoms with van der Waals surface area (Å²) in [4.78, 5) is 9.68. The van der Waals surface area contributed by atoms with Gasteiger partial charge in [-0.1, -0.05) is 66.7 Å². The van der Waals surface area contributed by atoms with E-state index in [4.69, 9.17) is 4.84 Å². The first kappa shape index (κ1) is 21.9.